The maximum absolute atomic E-state index is 13.1. The van der Waals surface area contributed by atoms with Crippen molar-refractivity contribution in [2.45, 2.75) is 62.1 Å². The van der Waals surface area contributed by atoms with Crippen LogP contribution in [0.2, 0.25) is 0 Å². The zero-order valence-electron chi connectivity index (χ0n) is 17.9. The smallest absolute Gasteiger partial charge is 0.237 e. The molecule has 5 heteroatoms. The minimum absolute atomic E-state index is 0.0544. The molecule has 1 unspecified atom stereocenters. The molecule has 1 amide bonds. The van der Waals surface area contributed by atoms with Crippen molar-refractivity contribution < 1.29 is 4.79 Å². The second-order valence-corrected chi connectivity index (χ2v) is 9.20. The van der Waals surface area contributed by atoms with Gasteiger partial charge in [-0.15, -0.1) is 0 Å². The van der Waals surface area contributed by atoms with Crippen molar-refractivity contribution in [3.05, 3.63) is 65.4 Å². The summed E-state index contributed by atoms with van der Waals surface area (Å²) in [5, 5.41) is 15.3. The second kappa shape index (κ2) is 9.98. The molecule has 1 N–H and O–H groups in total. The van der Waals surface area contributed by atoms with Gasteiger partial charge in [-0.25, -0.2) is 4.98 Å². The van der Waals surface area contributed by atoms with Crippen molar-refractivity contribution in [3.8, 4) is 6.07 Å². The first-order valence-corrected chi connectivity index (χ1v) is 12.0. The number of hydrogen-bond acceptors (Lipinski definition) is 4. The van der Waals surface area contributed by atoms with Crippen molar-refractivity contribution in [2.24, 2.45) is 0 Å². The number of anilines is 1. The molecule has 4 rings (SSSR count). The number of amides is 1. The van der Waals surface area contributed by atoms with Crippen molar-refractivity contribution in [1.82, 2.24) is 4.98 Å². The van der Waals surface area contributed by atoms with Crippen LogP contribution in [0.4, 0.5) is 5.69 Å². The Morgan fingerprint density at radius 3 is 2.71 bits per heavy atom. The van der Waals surface area contributed by atoms with E-state index in [4.69, 9.17) is 4.98 Å². The Balaban J connectivity index is 1.57. The van der Waals surface area contributed by atoms with E-state index in [0.29, 0.717) is 17.0 Å². The van der Waals surface area contributed by atoms with E-state index in [1.165, 1.54) is 30.2 Å². The van der Waals surface area contributed by atoms with E-state index < -0.39 is 0 Å². The number of fused-ring (bicyclic) bond motifs is 2. The van der Waals surface area contributed by atoms with Crippen LogP contribution in [0.3, 0.4) is 0 Å². The Bertz CT molecular complexity index is 1130. The molecule has 0 saturated heterocycles. The number of carbonyl (C=O) groups excluding carboxylic acids is 1. The van der Waals surface area contributed by atoms with Gasteiger partial charge in [0.2, 0.25) is 5.91 Å². The standard InChI is InChI=1S/C26H27N3OS/c1-2-24(25(30)28-23-15-9-12-18-10-7-8-13-21(18)23)31-26-20(17-27)16-19-11-5-3-4-6-14-22(19)29-26/h7-10,12-13,15-16,24H,2-6,11,14H2,1H3,(H,28,30). The van der Waals surface area contributed by atoms with Crippen molar-refractivity contribution in [3.63, 3.8) is 0 Å². The Labute approximate surface area is 188 Å². The predicted octanol–water partition coefficient (Wildman–Crippen LogP) is 6.27. The topological polar surface area (TPSA) is 65.8 Å². The normalized spacial score (nSPS) is 14.7. The maximum Gasteiger partial charge on any atom is 0.237 e. The van der Waals surface area contributed by atoms with Crippen molar-refractivity contribution in [1.29, 1.82) is 5.26 Å². The number of thioether (sulfide) groups is 1. The van der Waals surface area contributed by atoms with Gasteiger partial charge in [-0.3, -0.25) is 4.79 Å². The summed E-state index contributed by atoms with van der Waals surface area (Å²) in [5.41, 5.74) is 3.70. The number of hydrogen-bond donors (Lipinski definition) is 1. The summed E-state index contributed by atoms with van der Waals surface area (Å²) in [4.78, 5) is 18.0. The highest BCUT2D eigenvalue weighted by atomic mass is 32.2. The van der Waals surface area contributed by atoms with E-state index >= 15 is 0 Å². The van der Waals surface area contributed by atoms with Crippen LogP contribution >= 0.6 is 11.8 Å². The van der Waals surface area contributed by atoms with Crippen LogP contribution in [0.1, 0.15) is 55.8 Å². The number of nitrogens with one attached hydrogen (secondary N) is 1. The molecule has 2 aromatic carbocycles. The Morgan fingerprint density at radius 1 is 1.13 bits per heavy atom. The van der Waals surface area contributed by atoms with E-state index in [1.807, 2.05) is 55.5 Å². The van der Waals surface area contributed by atoms with E-state index in [-0.39, 0.29) is 11.2 Å². The average Bonchev–Trinajstić information content (AvgIpc) is 2.78. The molecule has 3 aromatic rings. The van der Waals surface area contributed by atoms with Crippen molar-refractivity contribution >= 4 is 34.1 Å². The molecule has 1 aromatic heterocycles. The van der Waals surface area contributed by atoms with E-state index in [1.54, 1.807) is 0 Å². The predicted molar refractivity (Wildman–Crippen MR) is 127 cm³/mol. The lowest BCUT2D eigenvalue weighted by Gasteiger charge is -2.18. The fourth-order valence-corrected chi connectivity index (χ4v) is 5.14. The Morgan fingerprint density at radius 2 is 1.90 bits per heavy atom. The van der Waals surface area contributed by atoms with E-state index in [9.17, 15) is 10.1 Å². The molecule has 158 valence electrons. The molecule has 1 atom stereocenters. The monoisotopic (exact) mass is 429 g/mol. The first-order chi connectivity index (χ1) is 15.2. The van der Waals surface area contributed by atoms with Gasteiger partial charge in [0.1, 0.15) is 11.1 Å². The molecule has 1 heterocycles. The fraction of sp³-hybridized carbons (Fsp3) is 0.346. The summed E-state index contributed by atoms with van der Waals surface area (Å²) >= 11 is 1.41. The number of aryl methyl sites for hydroxylation is 2. The number of pyridine rings is 1. The zero-order valence-corrected chi connectivity index (χ0v) is 18.7. The molecule has 0 bridgehead atoms. The van der Waals surface area contributed by atoms with E-state index in [2.05, 4.69) is 11.4 Å². The third-order valence-electron chi connectivity index (χ3n) is 5.85. The van der Waals surface area contributed by atoms with Gasteiger partial charge in [0.05, 0.1) is 10.8 Å². The van der Waals surface area contributed by atoms with Gasteiger partial charge in [-0.2, -0.15) is 5.26 Å². The summed E-state index contributed by atoms with van der Waals surface area (Å²) in [7, 11) is 0. The van der Waals surface area contributed by atoms with Gasteiger partial charge in [0, 0.05) is 16.8 Å². The summed E-state index contributed by atoms with van der Waals surface area (Å²) < 4.78 is 0. The van der Waals surface area contributed by atoms with Crippen LogP contribution in [-0.4, -0.2) is 16.1 Å². The first-order valence-electron chi connectivity index (χ1n) is 11.1. The van der Waals surface area contributed by atoms with Gasteiger partial charge in [-0.1, -0.05) is 67.9 Å². The van der Waals surface area contributed by atoms with Crippen LogP contribution in [-0.2, 0) is 17.6 Å². The number of benzene rings is 2. The SMILES string of the molecule is CCC(Sc1nc2c(cc1C#N)CCCCCC2)C(=O)Nc1cccc2ccccc12. The van der Waals surface area contributed by atoms with Crippen LogP contribution in [0.15, 0.2) is 53.6 Å². The lowest BCUT2D eigenvalue weighted by Crippen LogP contribution is -2.25. The molecule has 0 radical (unpaired) electrons. The number of carbonyl (C=O) groups is 1. The third kappa shape index (κ3) is 4.91. The van der Waals surface area contributed by atoms with Gasteiger partial charge >= 0.3 is 0 Å². The van der Waals surface area contributed by atoms with Gasteiger partial charge in [0.15, 0.2) is 0 Å². The minimum atomic E-state index is -0.315. The molecule has 1 aliphatic rings. The van der Waals surface area contributed by atoms with Crippen LogP contribution in [0.5, 0.6) is 0 Å². The Kier molecular flexibility index (Phi) is 6.89. The third-order valence-corrected chi connectivity index (χ3v) is 7.22. The number of nitriles is 1. The highest BCUT2D eigenvalue weighted by Crippen LogP contribution is 2.32. The molecule has 31 heavy (non-hydrogen) atoms. The summed E-state index contributed by atoms with van der Waals surface area (Å²) in [6.07, 6.45) is 7.35. The number of rotatable bonds is 5. The van der Waals surface area contributed by atoms with Crippen LogP contribution in [0.25, 0.3) is 10.8 Å². The molecule has 0 saturated carbocycles. The molecule has 1 aliphatic carbocycles. The van der Waals surface area contributed by atoms with Gasteiger partial charge in [0.25, 0.3) is 0 Å². The zero-order chi connectivity index (χ0) is 21.6. The summed E-state index contributed by atoms with van der Waals surface area (Å²) in [6.45, 7) is 2.00. The summed E-state index contributed by atoms with van der Waals surface area (Å²) in [5.74, 6) is -0.0544. The fourth-order valence-electron chi connectivity index (χ4n) is 4.14. The lowest BCUT2D eigenvalue weighted by molar-refractivity contribution is -0.115. The quantitative estimate of drug-likeness (QED) is 0.485. The largest absolute Gasteiger partial charge is 0.325 e. The molecular formula is C26H27N3OS. The maximum atomic E-state index is 13.1. The highest BCUT2D eigenvalue weighted by molar-refractivity contribution is 8.00. The van der Waals surface area contributed by atoms with Gasteiger partial charge < -0.3 is 5.32 Å². The van der Waals surface area contributed by atoms with Crippen LogP contribution < -0.4 is 5.32 Å². The molecule has 0 spiro atoms. The number of aromatic nitrogens is 1. The minimum Gasteiger partial charge on any atom is -0.325 e. The van der Waals surface area contributed by atoms with Crippen molar-refractivity contribution in [2.75, 3.05) is 5.32 Å². The highest BCUT2D eigenvalue weighted by Gasteiger charge is 2.23. The molecule has 0 fully saturated rings. The average molecular weight is 430 g/mol. The molecule has 4 nitrogen and oxygen atoms in total. The number of nitrogens with zero attached hydrogens (tertiary/aromatic N) is 2. The molecular weight excluding hydrogens is 402 g/mol. The molecule has 0 aliphatic heterocycles. The van der Waals surface area contributed by atoms with Crippen LogP contribution in [0, 0.1) is 11.3 Å². The summed E-state index contributed by atoms with van der Waals surface area (Å²) in [6, 6.07) is 18.3. The van der Waals surface area contributed by atoms with Gasteiger partial charge in [-0.05, 0) is 55.2 Å². The van der Waals surface area contributed by atoms with E-state index in [0.717, 1.165) is 47.8 Å². The Hall–Kier alpha value is -2.84. The second-order valence-electron chi connectivity index (χ2n) is 8.00. The lowest BCUT2D eigenvalue weighted by atomic mass is 9.96. The first kappa shape index (κ1) is 21.4.